The van der Waals surface area contributed by atoms with Gasteiger partial charge in [-0.1, -0.05) is 66.7 Å². The molecule has 3 aromatic carbocycles. The molecule has 1 heterocycles. The van der Waals surface area contributed by atoms with E-state index < -0.39 is 24.0 Å². The SMILES string of the molecule is COc1ccc2c(c1OCc1ccccc1)C[C@H](C(=O)O)N(C(=O)[C@H](O[C@H]1CC[C@H](O)CC1)c1ccccc1)C2. The third-order valence-electron chi connectivity index (χ3n) is 7.75. The van der Waals surface area contributed by atoms with Crippen LogP contribution in [0.15, 0.2) is 72.8 Å². The molecule has 1 fully saturated rings. The van der Waals surface area contributed by atoms with Gasteiger partial charge in [-0.05, 0) is 48.4 Å². The van der Waals surface area contributed by atoms with Gasteiger partial charge in [0.2, 0.25) is 0 Å². The highest BCUT2D eigenvalue weighted by Gasteiger charge is 2.41. The first-order valence-corrected chi connectivity index (χ1v) is 13.7. The van der Waals surface area contributed by atoms with Crippen molar-refractivity contribution in [1.82, 2.24) is 4.90 Å². The van der Waals surface area contributed by atoms with Crippen LogP contribution in [-0.2, 0) is 33.9 Å². The van der Waals surface area contributed by atoms with Gasteiger partial charge in [0.1, 0.15) is 12.6 Å². The summed E-state index contributed by atoms with van der Waals surface area (Å²) in [4.78, 5) is 28.1. The van der Waals surface area contributed by atoms with Crippen LogP contribution >= 0.6 is 0 Å². The number of rotatable bonds is 9. The minimum atomic E-state index is -1.10. The molecule has 1 amide bonds. The fourth-order valence-corrected chi connectivity index (χ4v) is 5.55. The number of aliphatic carboxylic acids is 1. The van der Waals surface area contributed by atoms with Crippen LogP contribution in [-0.4, -0.2) is 52.3 Å². The summed E-state index contributed by atoms with van der Waals surface area (Å²) in [6, 6.07) is 21.5. The first-order chi connectivity index (χ1) is 19.4. The lowest BCUT2D eigenvalue weighted by atomic mass is 9.91. The van der Waals surface area contributed by atoms with E-state index >= 15 is 0 Å². The molecule has 8 nitrogen and oxygen atoms in total. The quantitative estimate of drug-likeness (QED) is 0.402. The van der Waals surface area contributed by atoms with Gasteiger partial charge in [0, 0.05) is 18.5 Å². The Morgan fingerprint density at radius 2 is 1.62 bits per heavy atom. The Labute approximate surface area is 234 Å². The molecule has 1 aliphatic heterocycles. The standard InChI is InChI=1S/C32H35NO7/c1-38-28-17-12-23-19-33(27(32(36)37)18-26(23)30(28)39-20-21-8-4-2-5-9-21)31(35)29(22-10-6-3-7-11-22)40-25-15-13-24(34)14-16-25/h2-12,17,24-25,27,29,34H,13-16,18-20H2,1H3,(H,36,37)/t24-,25-,27-,29-/m1/s1. The maximum atomic E-state index is 14.1. The first-order valence-electron chi connectivity index (χ1n) is 13.7. The molecule has 0 radical (unpaired) electrons. The molecule has 3 aromatic rings. The lowest BCUT2D eigenvalue weighted by Gasteiger charge is -2.38. The van der Waals surface area contributed by atoms with Crippen molar-refractivity contribution in [3.05, 3.63) is 95.1 Å². The lowest BCUT2D eigenvalue weighted by molar-refractivity contribution is -0.161. The minimum absolute atomic E-state index is 0.0782. The molecule has 0 unspecified atom stereocenters. The molecular formula is C32H35NO7. The van der Waals surface area contributed by atoms with Gasteiger partial charge in [0.05, 0.1) is 19.3 Å². The van der Waals surface area contributed by atoms with Crippen LogP contribution < -0.4 is 9.47 Å². The van der Waals surface area contributed by atoms with E-state index in [1.165, 1.54) is 4.90 Å². The second-order valence-electron chi connectivity index (χ2n) is 10.4. The number of methoxy groups -OCH3 is 1. The van der Waals surface area contributed by atoms with Crippen molar-refractivity contribution in [2.24, 2.45) is 0 Å². The first kappa shape index (κ1) is 27.7. The highest BCUT2D eigenvalue weighted by atomic mass is 16.5. The average molecular weight is 546 g/mol. The van der Waals surface area contributed by atoms with Gasteiger partial charge < -0.3 is 29.3 Å². The molecule has 0 bridgehead atoms. The van der Waals surface area contributed by atoms with Crippen molar-refractivity contribution < 1.29 is 34.0 Å². The molecule has 210 valence electrons. The van der Waals surface area contributed by atoms with Gasteiger partial charge in [-0.3, -0.25) is 4.79 Å². The zero-order valence-corrected chi connectivity index (χ0v) is 22.6. The number of aliphatic hydroxyl groups is 1. The molecule has 0 spiro atoms. The van der Waals surface area contributed by atoms with Crippen molar-refractivity contribution in [2.75, 3.05) is 7.11 Å². The number of carbonyl (C=O) groups is 2. The van der Waals surface area contributed by atoms with E-state index in [1.54, 1.807) is 13.2 Å². The third kappa shape index (κ3) is 6.13. The second-order valence-corrected chi connectivity index (χ2v) is 10.4. The largest absolute Gasteiger partial charge is 0.493 e. The van der Waals surface area contributed by atoms with Crippen LogP contribution in [0.1, 0.15) is 54.0 Å². The lowest BCUT2D eigenvalue weighted by Crippen LogP contribution is -2.51. The smallest absolute Gasteiger partial charge is 0.326 e. The molecule has 1 saturated carbocycles. The van der Waals surface area contributed by atoms with E-state index in [9.17, 15) is 19.8 Å². The summed E-state index contributed by atoms with van der Waals surface area (Å²) in [5.74, 6) is -0.469. The molecule has 8 heteroatoms. The number of carbonyl (C=O) groups excluding carboxylic acids is 1. The average Bonchev–Trinajstić information content (AvgIpc) is 2.99. The Kier molecular flexibility index (Phi) is 8.67. The van der Waals surface area contributed by atoms with E-state index in [1.807, 2.05) is 66.7 Å². The number of hydrogen-bond donors (Lipinski definition) is 2. The van der Waals surface area contributed by atoms with Crippen LogP contribution in [0.3, 0.4) is 0 Å². The van der Waals surface area contributed by atoms with E-state index in [-0.39, 0.29) is 25.2 Å². The third-order valence-corrected chi connectivity index (χ3v) is 7.75. The van der Waals surface area contributed by atoms with Gasteiger partial charge in [0.25, 0.3) is 5.91 Å². The zero-order chi connectivity index (χ0) is 28.1. The highest BCUT2D eigenvalue weighted by Crippen LogP contribution is 2.40. The maximum absolute atomic E-state index is 14.1. The molecule has 2 aliphatic rings. The molecule has 1 aliphatic carbocycles. The summed E-state index contributed by atoms with van der Waals surface area (Å²) in [5.41, 5.74) is 3.19. The van der Waals surface area contributed by atoms with Crippen molar-refractivity contribution in [3.8, 4) is 11.5 Å². The summed E-state index contributed by atoms with van der Waals surface area (Å²) >= 11 is 0. The normalized spacial score (nSPS) is 21.2. The zero-order valence-electron chi connectivity index (χ0n) is 22.6. The van der Waals surface area contributed by atoms with Crippen LogP contribution in [0.5, 0.6) is 11.5 Å². The number of amides is 1. The predicted molar refractivity (Wildman–Crippen MR) is 148 cm³/mol. The van der Waals surface area contributed by atoms with Gasteiger partial charge in [-0.15, -0.1) is 0 Å². The summed E-state index contributed by atoms with van der Waals surface area (Å²) in [6.45, 7) is 0.404. The number of benzene rings is 3. The topological polar surface area (TPSA) is 106 Å². The molecule has 0 saturated heterocycles. The maximum Gasteiger partial charge on any atom is 0.326 e. The number of hydrogen-bond acceptors (Lipinski definition) is 6. The van der Waals surface area contributed by atoms with Gasteiger partial charge >= 0.3 is 5.97 Å². The number of ether oxygens (including phenoxy) is 3. The van der Waals surface area contributed by atoms with Crippen LogP contribution in [0.25, 0.3) is 0 Å². The number of carboxylic acid groups (broad SMARTS) is 1. The fourth-order valence-electron chi connectivity index (χ4n) is 5.55. The number of aliphatic hydroxyl groups excluding tert-OH is 1. The number of fused-ring (bicyclic) bond motifs is 1. The Hall–Kier alpha value is -3.88. The van der Waals surface area contributed by atoms with Gasteiger partial charge in [0.15, 0.2) is 17.6 Å². The number of nitrogens with zero attached hydrogens (tertiary/aromatic N) is 1. The number of carboxylic acids is 1. The highest BCUT2D eigenvalue weighted by molar-refractivity contribution is 5.88. The fraction of sp³-hybridized carbons (Fsp3) is 0.375. The van der Waals surface area contributed by atoms with Crippen LogP contribution in [0.2, 0.25) is 0 Å². The Bertz CT molecular complexity index is 1310. The van der Waals surface area contributed by atoms with Crippen molar-refractivity contribution in [2.45, 2.75) is 69.6 Å². The van der Waals surface area contributed by atoms with E-state index in [0.29, 0.717) is 49.4 Å². The van der Waals surface area contributed by atoms with Crippen LogP contribution in [0, 0.1) is 0 Å². The minimum Gasteiger partial charge on any atom is -0.493 e. The monoisotopic (exact) mass is 545 g/mol. The van der Waals surface area contributed by atoms with Gasteiger partial charge in [-0.25, -0.2) is 4.79 Å². The summed E-state index contributed by atoms with van der Waals surface area (Å²) < 4.78 is 18.1. The van der Waals surface area contributed by atoms with Gasteiger partial charge in [-0.2, -0.15) is 0 Å². The molecule has 5 rings (SSSR count). The molecule has 0 aromatic heterocycles. The van der Waals surface area contributed by atoms with E-state index in [2.05, 4.69) is 0 Å². The summed E-state index contributed by atoms with van der Waals surface area (Å²) in [6.07, 6.45) is 1.10. The van der Waals surface area contributed by atoms with E-state index in [0.717, 1.165) is 16.7 Å². The molecule has 2 N–H and O–H groups in total. The van der Waals surface area contributed by atoms with Crippen molar-refractivity contribution in [1.29, 1.82) is 0 Å². The molecule has 40 heavy (non-hydrogen) atoms. The Morgan fingerprint density at radius 3 is 2.27 bits per heavy atom. The Balaban J connectivity index is 1.44. The summed E-state index contributed by atoms with van der Waals surface area (Å²) in [7, 11) is 1.55. The van der Waals surface area contributed by atoms with Crippen molar-refractivity contribution in [3.63, 3.8) is 0 Å². The van der Waals surface area contributed by atoms with Crippen molar-refractivity contribution >= 4 is 11.9 Å². The molecule has 2 atom stereocenters. The predicted octanol–water partition coefficient (Wildman–Crippen LogP) is 4.67. The second kappa shape index (κ2) is 12.5. The molecular weight excluding hydrogens is 510 g/mol. The Morgan fingerprint density at radius 1 is 0.950 bits per heavy atom. The van der Waals surface area contributed by atoms with Crippen LogP contribution in [0.4, 0.5) is 0 Å². The summed E-state index contributed by atoms with van der Waals surface area (Å²) in [5, 5.41) is 20.2. The van der Waals surface area contributed by atoms with E-state index in [4.69, 9.17) is 14.2 Å².